The van der Waals surface area contributed by atoms with Crippen LogP contribution < -0.4 is 5.73 Å². The third kappa shape index (κ3) is 4.45. The third-order valence-corrected chi connectivity index (χ3v) is 8.77. The van der Waals surface area contributed by atoms with E-state index in [-0.39, 0.29) is 35.1 Å². The molecule has 1 saturated carbocycles. The molecule has 3 aliphatic rings. The Labute approximate surface area is 237 Å². The highest BCUT2D eigenvalue weighted by molar-refractivity contribution is 5.82. The molecule has 1 unspecified atom stereocenters. The molecule has 3 aromatic heterocycles. The quantitative estimate of drug-likeness (QED) is 0.292. The Hall–Kier alpha value is -3.58. The van der Waals surface area contributed by atoms with Gasteiger partial charge in [0, 0.05) is 12.6 Å². The lowest BCUT2D eigenvalue weighted by atomic mass is 9.78. The number of nitrogens with two attached hydrogens (primary N) is 1. The molecule has 4 aromatic rings. The van der Waals surface area contributed by atoms with Gasteiger partial charge in [-0.05, 0) is 54.9 Å². The Bertz CT molecular complexity index is 1640. The van der Waals surface area contributed by atoms with Gasteiger partial charge in [-0.25, -0.2) is 19.5 Å². The minimum absolute atomic E-state index is 0.0844. The Kier molecular flexibility index (Phi) is 6.09. The number of imidazole rings is 2. The minimum Gasteiger partial charge on any atom is -0.480 e. The van der Waals surface area contributed by atoms with E-state index in [1.54, 1.807) is 0 Å². The van der Waals surface area contributed by atoms with Crippen molar-refractivity contribution in [3.63, 3.8) is 0 Å². The highest BCUT2D eigenvalue weighted by Crippen LogP contribution is 2.42. The molecule has 12 nitrogen and oxygen atoms in total. The maximum Gasteiger partial charge on any atom is 0.298 e. The van der Waals surface area contributed by atoms with Crippen LogP contribution in [0, 0.1) is 5.92 Å². The first-order chi connectivity index (χ1) is 19.6. The predicted octanol–water partition coefficient (Wildman–Crippen LogP) is 3.09. The molecule has 5 N–H and O–H groups in total. The fraction of sp³-hybridized carbons (Fsp3) is 0.517. The van der Waals surface area contributed by atoms with Crippen molar-refractivity contribution in [2.45, 2.75) is 82.8 Å². The molecule has 2 aliphatic heterocycles. The summed E-state index contributed by atoms with van der Waals surface area (Å²) in [6.07, 6.45) is 4.63. The maximum absolute atomic E-state index is 11.1. The van der Waals surface area contributed by atoms with Crippen LogP contribution in [0.25, 0.3) is 28.3 Å². The van der Waals surface area contributed by atoms with Gasteiger partial charge in [0.15, 0.2) is 23.2 Å². The van der Waals surface area contributed by atoms with Crippen LogP contribution in [0.2, 0.25) is 0 Å². The largest absolute Gasteiger partial charge is 0.480 e. The van der Waals surface area contributed by atoms with Crippen molar-refractivity contribution in [3.8, 4) is 6.01 Å². The molecule has 3 fully saturated rings. The van der Waals surface area contributed by atoms with E-state index in [0.717, 1.165) is 29.7 Å². The number of aliphatic hydroxyl groups excluding tert-OH is 1. The number of hydrogen-bond acceptors (Lipinski definition) is 10. The van der Waals surface area contributed by atoms with Crippen molar-refractivity contribution in [1.82, 2.24) is 34.4 Å². The van der Waals surface area contributed by atoms with E-state index in [2.05, 4.69) is 76.0 Å². The molecule has 216 valence electrons. The number of nitrogens with one attached hydrogen (secondary N) is 1. The fourth-order valence-electron chi connectivity index (χ4n) is 6.36. The van der Waals surface area contributed by atoms with Crippen molar-refractivity contribution >= 4 is 34.1 Å². The van der Waals surface area contributed by atoms with E-state index in [1.807, 2.05) is 6.92 Å². The van der Waals surface area contributed by atoms with E-state index in [9.17, 15) is 10.2 Å². The lowest BCUT2D eigenvalue weighted by molar-refractivity contribution is -0.197. The second-order valence-electron chi connectivity index (χ2n) is 12.5. The normalized spacial score (nSPS) is 30.8. The summed E-state index contributed by atoms with van der Waals surface area (Å²) in [5.74, 6) is 1.47. The molecule has 1 aromatic carbocycles. The Morgan fingerprint density at radius 3 is 2.73 bits per heavy atom. The molecule has 41 heavy (non-hydrogen) atoms. The number of anilines is 1. The molecule has 12 heteroatoms. The van der Waals surface area contributed by atoms with Gasteiger partial charge < -0.3 is 30.4 Å². The molecule has 5 heterocycles. The number of aromatic hydroxyl groups is 1. The van der Waals surface area contributed by atoms with E-state index in [4.69, 9.17) is 20.2 Å². The third-order valence-electron chi connectivity index (χ3n) is 8.77. The Morgan fingerprint density at radius 2 is 1.95 bits per heavy atom. The lowest BCUT2D eigenvalue weighted by Gasteiger charge is -2.49. The summed E-state index contributed by atoms with van der Waals surface area (Å²) in [5, 5.41) is 21.7. The molecule has 1 aliphatic carbocycles. The summed E-state index contributed by atoms with van der Waals surface area (Å²) in [4.78, 5) is 22.7. The van der Waals surface area contributed by atoms with Crippen LogP contribution in [0.1, 0.15) is 58.2 Å². The second-order valence-corrected chi connectivity index (χ2v) is 12.5. The summed E-state index contributed by atoms with van der Waals surface area (Å²) in [6.45, 7) is 9.25. The molecule has 0 spiro atoms. The van der Waals surface area contributed by atoms with Crippen molar-refractivity contribution in [2.75, 3.05) is 12.3 Å². The van der Waals surface area contributed by atoms with E-state index < -0.39 is 18.4 Å². The summed E-state index contributed by atoms with van der Waals surface area (Å²) < 4.78 is 13.9. The number of benzene rings is 1. The smallest absolute Gasteiger partial charge is 0.298 e. The van der Waals surface area contributed by atoms with E-state index in [0.29, 0.717) is 24.2 Å². The van der Waals surface area contributed by atoms with Gasteiger partial charge in [-0.3, -0.25) is 4.90 Å². The van der Waals surface area contributed by atoms with E-state index in [1.165, 1.54) is 16.5 Å². The fourth-order valence-corrected chi connectivity index (χ4v) is 6.36. The number of nitrogens with zero attached hydrogens (tertiary/aromatic N) is 6. The average molecular weight is 561 g/mol. The summed E-state index contributed by atoms with van der Waals surface area (Å²) in [7, 11) is 0. The molecular formula is C29H36N8O4. The first-order valence-electron chi connectivity index (χ1n) is 14.2. The standard InChI is InChI=1S/C29H36N8O4/c1-14-36(17-9-15(10-17)5-8-21-33-18-7-6-16(29(2,3)4)11-19(18)34-21)12-20-24(40-14)23(38)27(41-20)37-26-22(35-28(37)39)25(30)31-13-32-26/h5-8,11,13-15,17,20,23-24,27,38H,9-10,12H2,1-4H3,(H,33,34)(H,35,39)(H2,30,31,32)/b8-5+/t14?,15-,17+,20-,23-,24-,27-/m1/s1. The van der Waals surface area contributed by atoms with Crippen LogP contribution in [0.5, 0.6) is 6.01 Å². The first kappa shape index (κ1) is 26.3. The number of aromatic nitrogens is 6. The summed E-state index contributed by atoms with van der Waals surface area (Å²) >= 11 is 0. The van der Waals surface area contributed by atoms with Crippen LogP contribution in [0.15, 0.2) is 30.6 Å². The zero-order chi connectivity index (χ0) is 28.6. The van der Waals surface area contributed by atoms with Crippen molar-refractivity contribution in [2.24, 2.45) is 5.92 Å². The molecular weight excluding hydrogens is 524 g/mol. The number of H-pyrrole nitrogens is 1. The monoisotopic (exact) mass is 560 g/mol. The first-order valence-corrected chi connectivity index (χ1v) is 14.2. The van der Waals surface area contributed by atoms with Crippen LogP contribution >= 0.6 is 0 Å². The highest BCUT2D eigenvalue weighted by atomic mass is 16.6. The van der Waals surface area contributed by atoms with Crippen molar-refractivity contribution < 1.29 is 19.7 Å². The van der Waals surface area contributed by atoms with Crippen LogP contribution in [0.3, 0.4) is 0 Å². The van der Waals surface area contributed by atoms with Gasteiger partial charge >= 0.3 is 0 Å². The molecule has 0 bridgehead atoms. The number of nitrogen functional groups attached to an aromatic ring is 1. The van der Waals surface area contributed by atoms with Gasteiger partial charge in [0.25, 0.3) is 6.01 Å². The summed E-state index contributed by atoms with van der Waals surface area (Å²) in [6, 6.07) is 6.45. The van der Waals surface area contributed by atoms with Crippen LogP contribution in [0.4, 0.5) is 5.82 Å². The van der Waals surface area contributed by atoms with Gasteiger partial charge in [-0.2, -0.15) is 4.98 Å². The van der Waals surface area contributed by atoms with Gasteiger partial charge in [0.05, 0.1) is 11.0 Å². The molecule has 5 atom stereocenters. The number of hydrogen-bond donors (Lipinski definition) is 4. The van der Waals surface area contributed by atoms with Crippen molar-refractivity contribution in [1.29, 1.82) is 0 Å². The Morgan fingerprint density at radius 1 is 1.15 bits per heavy atom. The molecule has 2 saturated heterocycles. The topological polar surface area (TPSA) is 160 Å². The number of fused-ring (bicyclic) bond motifs is 3. The maximum atomic E-state index is 11.1. The number of aliphatic hydroxyl groups is 1. The van der Waals surface area contributed by atoms with Gasteiger partial charge in [-0.1, -0.05) is 32.9 Å². The van der Waals surface area contributed by atoms with Crippen LogP contribution in [-0.2, 0) is 14.9 Å². The molecule has 0 amide bonds. The lowest BCUT2D eigenvalue weighted by Crippen LogP contribution is -2.59. The number of allylic oxidation sites excluding steroid dienone is 1. The zero-order valence-electron chi connectivity index (χ0n) is 23.6. The SMILES string of the molecule is CC1O[C@H]2[C@@H](O)[C@H](n3c(O)nc4c(N)ncnc43)O[C@@H]2CN1[C@H]1C[C@@H](/C=C/c2nc3cc(C(C)(C)C)ccc3[nH]2)C1. The predicted molar refractivity (Wildman–Crippen MR) is 153 cm³/mol. The van der Waals surface area contributed by atoms with Crippen LogP contribution in [-0.4, -0.2) is 81.7 Å². The van der Waals surface area contributed by atoms with Crippen molar-refractivity contribution in [3.05, 3.63) is 42.0 Å². The summed E-state index contributed by atoms with van der Waals surface area (Å²) in [5.41, 5.74) is 9.85. The minimum atomic E-state index is -1.01. The number of aromatic amines is 1. The molecule has 0 radical (unpaired) electrons. The molecule has 7 rings (SSSR count). The van der Waals surface area contributed by atoms with Gasteiger partial charge in [-0.15, -0.1) is 0 Å². The Balaban J connectivity index is 1.00. The van der Waals surface area contributed by atoms with Gasteiger partial charge in [0.2, 0.25) is 0 Å². The van der Waals surface area contributed by atoms with Gasteiger partial charge in [0.1, 0.15) is 36.7 Å². The van der Waals surface area contributed by atoms with E-state index >= 15 is 0 Å². The zero-order valence-corrected chi connectivity index (χ0v) is 23.6. The number of ether oxygens (including phenoxy) is 2. The number of rotatable bonds is 4. The highest BCUT2D eigenvalue weighted by Gasteiger charge is 2.52. The second kappa shape index (κ2) is 9.48. The average Bonchev–Trinajstić information content (AvgIpc) is 3.55.